The maximum atomic E-state index is 12.7. The molecule has 0 unspecified atom stereocenters. The van der Waals surface area contributed by atoms with Crippen LogP contribution in [-0.2, 0) is 16.1 Å². The number of amides is 2. The number of carbonyl (C=O) groups is 2. The molecule has 0 aromatic heterocycles. The fourth-order valence-corrected chi connectivity index (χ4v) is 2.93. The Morgan fingerprint density at radius 2 is 1.39 bits per heavy atom. The first-order valence-corrected chi connectivity index (χ1v) is 9.11. The van der Waals surface area contributed by atoms with E-state index in [0.29, 0.717) is 17.9 Å². The van der Waals surface area contributed by atoms with Gasteiger partial charge in [-0.05, 0) is 35.9 Å². The van der Waals surface area contributed by atoms with E-state index in [1.165, 1.54) is 6.92 Å². The van der Waals surface area contributed by atoms with E-state index >= 15 is 0 Å². The van der Waals surface area contributed by atoms with E-state index in [4.69, 9.17) is 0 Å². The Hall–Kier alpha value is -3.60. The molecule has 0 saturated carbocycles. The van der Waals surface area contributed by atoms with Gasteiger partial charge in [-0.25, -0.2) is 0 Å². The molecule has 0 atom stereocenters. The summed E-state index contributed by atoms with van der Waals surface area (Å²) in [6, 6.07) is 27.0. The minimum atomic E-state index is -0.151. The predicted molar refractivity (Wildman–Crippen MR) is 113 cm³/mol. The van der Waals surface area contributed by atoms with Gasteiger partial charge in [0, 0.05) is 30.5 Å². The van der Waals surface area contributed by atoms with Crippen LogP contribution in [-0.4, -0.2) is 18.4 Å². The summed E-state index contributed by atoms with van der Waals surface area (Å²) in [7, 11) is 0. The van der Waals surface area contributed by atoms with Gasteiger partial charge in [-0.2, -0.15) is 0 Å². The Morgan fingerprint density at radius 1 is 0.786 bits per heavy atom. The normalized spacial score (nSPS) is 10.2. The van der Waals surface area contributed by atoms with Gasteiger partial charge < -0.3 is 15.5 Å². The van der Waals surface area contributed by atoms with Crippen molar-refractivity contribution in [2.45, 2.75) is 13.5 Å². The quantitative estimate of drug-likeness (QED) is 0.649. The van der Waals surface area contributed by atoms with Gasteiger partial charge in [-0.1, -0.05) is 54.6 Å². The lowest BCUT2D eigenvalue weighted by atomic mass is 10.2. The average Bonchev–Trinajstić information content (AvgIpc) is 2.69. The molecule has 0 spiro atoms. The van der Waals surface area contributed by atoms with Crippen LogP contribution in [0.3, 0.4) is 0 Å². The number of benzene rings is 3. The molecular weight excluding hydrogens is 350 g/mol. The molecule has 5 nitrogen and oxygen atoms in total. The van der Waals surface area contributed by atoms with Gasteiger partial charge in [0.05, 0.1) is 6.54 Å². The van der Waals surface area contributed by atoms with Crippen molar-refractivity contribution < 1.29 is 9.59 Å². The van der Waals surface area contributed by atoms with Crippen molar-refractivity contribution in [3.8, 4) is 0 Å². The van der Waals surface area contributed by atoms with E-state index in [9.17, 15) is 9.59 Å². The monoisotopic (exact) mass is 373 g/mol. The Morgan fingerprint density at radius 3 is 2.04 bits per heavy atom. The summed E-state index contributed by atoms with van der Waals surface area (Å²) in [5.41, 5.74) is 3.40. The van der Waals surface area contributed by atoms with Crippen molar-refractivity contribution in [1.82, 2.24) is 0 Å². The van der Waals surface area contributed by atoms with E-state index in [1.807, 2.05) is 65.6 Å². The summed E-state index contributed by atoms with van der Waals surface area (Å²) in [6.45, 7) is 2.29. The molecular formula is C23H23N3O2. The van der Waals surface area contributed by atoms with Gasteiger partial charge >= 0.3 is 0 Å². The number of anilines is 3. The average molecular weight is 373 g/mol. The van der Waals surface area contributed by atoms with Crippen molar-refractivity contribution in [3.63, 3.8) is 0 Å². The largest absolute Gasteiger partial charge is 0.358 e. The second kappa shape index (κ2) is 9.37. The summed E-state index contributed by atoms with van der Waals surface area (Å²) in [5.74, 6) is -0.277. The van der Waals surface area contributed by atoms with Gasteiger partial charge in [0.15, 0.2) is 0 Å². The van der Waals surface area contributed by atoms with Crippen LogP contribution in [0.25, 0.3) is 0 Å². The van der Waals surface area contributed by atoms with E-state index in [0.717, 1.165) is 11.3 Å². The molecule has 2 N–H and O–H groups in total. The third kappa shape index (κ3) is 5.71. The zero-order valence-corrected chi connectivity index (χ0v) is 15.8. The van der Waals surface area contributed by atoms with Crippen molar-refractivity contribution >= 4 is 28.9 Å². The molecule has 3 aromatic carbocycles. The smallest absolute Gasteiger partial charge is 0.243 e. The molecule has 0 bridgehead atoms. The number of para-hydroxylation sites is 1. The van der Waals surface area contributed by atoms with E-state index in [1.54, 1.807) is 24.3 Å². The first-order valence-electron chi connectivity index (χ1n) is 9.11. The molecule has 0 aliphatic carbocycles. The molecule has 0 saturated heterocycles. The Balaban J connectivity index is 1.71. The minimum Gasteiger partial charge on any atom is -0.358 e. The van der Waals surface area contributed by atoms with Gasteiger partial charge in [-0.3, -0.25) is 9.59 Å². The number of hydrogen-bond donors (Lipinski definition) is 2. The topological polar surface area (TPSA) is 61.4 Å². The van der Waals surface area contributed by atoms with Crippen LogP contribution >= 0.6 is 0 Å². The van der Waals surface area contributed by atoms with Crippen molar-refractivity contribution in [2.75, 3.05) is 22.1 Å². The summed E-state index contributed by atoms with van der Waals surface area (Å²) in [5, 5.41) is 5.63. The molecule has 2 amide bonds. The van der Waals surface area contributed by atoms with Crippen LogP contribution in [0.1, 0.15) is 12.5 Å². The number of carbonyl (C=O) groups excluding carboxylic acids is 2. The maximum absolute atomic E-state index is 12.7. The molecule has 0 aliphatic rings. The zero-order valence-electron chi connectivity index (χ0n) is 15.8. The SMILES string of the molecule is CC(=O)Nc1cccc(NC(=O)CN(Cc2ccccc2)c2ccccc2)c1. The molecule has 0 aliphatic heterocycles. The van der Waals surface area contributed by atoms with Gasteiger partial charge in [0.2, 0.25) is 11.8 Å². The van der Waals surface area contributed by atoms with Crippen molar-refractivity contribution in [1.29, 1.82) is 0 Å². The van der Waals surface area contributed by atoms with Crippen LogP contribution in [0.15, 0.2) is 84.9 Å². The highest BCUT2D eigenvalue weighted by molar-refractivity contribution is 5.95. The van der Waals surface area contributed by atoms with E-state index in [-0.39, 0.29) is 18.4 Å². The minimum absolute atomic E-state index is 0.125. The number of nitrogens with zero attached hydrogens (tertiary/aromatic N) is 1. The lowest BCUT2D eigenvalue weighted by Gasteiger charge is -2.24. The highest BCUT2D eigenvalue weighted by Crippen LogP contribution is 2.18. The van der Waals surface area contributed by atoms with Crippen LogP contribution < -0.4 is 15.5 Å². The highest BCUT2D eigenvalue weighted by atomic mass is 16.2. The van der Waals surface area contributed by atoms with Gasteiger partial charge in [0.1, 0.15) is 0 Å². The van der Waals surface area contributed by atoms with Crippen LogP contribution in [0.4, 0.5) is 17.1 Å². The summed E-state index contributed by atoms with van der Waals surface area (Å²) >= 11 is 0. The number of hydrogen-bond acceptors (Lipinski definition) is 3. The van der Waals surface area contributed by atoms with Crippen LogP contribution in [0.2, 0.25) is 0 Å². The molecule has 5 heteroatoms. The second-order valence-corrected chi connectivity index (χ2v) is 6.49. The fraction of sp³-hybridized carbons (Fsp3) is 0.130. The van der Waals surface area contributed by atoms with E-state index < -0.39 is 0 Å². The summed E-state index contributed by atoms with van der Waals surface area (Å²) in [6.07, 6.45) is 0. The van der Waals surface area contributed by atoms with Crippen molar-refractivity contribution in [3.05, 3.63) is 90.5 Å². The van der Waals surface area contributed by atoms with Gasteiger partial charge in [-0.15, -0.1) is 0 Å². The Bertz CT molecular complexity index is 927. The predicted octanol–water partition coefficient (Wildman–Crippen LogP) is 4.29. The molecule has 3 aromatic rings. The molecule has 0 fully saturated rings. The van der Waals surface area contributed by atoms with E-state index in [2.05, 4.69) is 10.6 Å². The summed E-state index contributed by atoms with van der Waals surface area (Å²) < 4.78 is 0. The molecule has 3 rings (SSSR count). The maximum Gasteiger partial charge on any atom is 0.243 e. The first kappa shape index (κ1) is 19.2. The van der Waals surface area contributed by atoms with Crippen LogP contribution in [0.5, 0.6) is 0 Å². The lowest BCUT2D eigenvalue weighted by molar-refractivity contribution is -0.115. The molecule has 142 valence electrons. The molecule has 0 heterocycles. The second-order valence-electron chi connectivity index (χ2n) is 6.49. The fourth-order valence-electron chi connectivity index (χ4n) is 2.93. The molecule has 0 radical (unpaired) electrons. The molecule has 28 heavy (non-hydrogen) atoms. The number of nitrogens with one attached hydrogen (secondary N) is 2. The lowest BCUT2D eigenvalue weighted by Crippen LogP contribution is -2.32. The third-order valence-electron chi connectivity index (χ3n) is 4.14. The highest BCUT2D eigenvalue weighted by Gasteiger charge is 2.13. The van der Waals surface area contributed by atoms with Crippen molar-refractivity contribution in [2.24, 2.45) is 0 Å². The Kier molecular flexibility index (Phi) is 6.41. The zero-order chi connectivity index (χ0) is 19.8. The van der Waals surface area contributed by atoms with Gasteiger partial charge in [0.25, 0.3) is 0 Å². The number of rotatable bonds is 7. The third-order valence-corrected chi connectivity index (χ3v) is 4.14. The summed E-state index contributed by atoms with van der Waals surface area (Å²) in [4.78, 5) is 25.9. The first-order chi connectivity index (χ1) is 13.6. The standard InChI is InChI=1S/C23H23N3O2/c1-18(27)24-20-11-8-12-21(15-20)25-23(28)17-26(22-13-6-3-7-14-22)16-19-9-4-2-5-10-19/h2-15H,16-17H2,1H3,(H,24,27)(H,25,28). The Labute approximate surface area is 165 Å². The van der Waals surface area contributed by atoms with Crippen LogP contribution in [0, 0.1) is 0 Å².